The molecular weight excluding hydrogens is 256 g/mol. The van der Waals surface area contributed by atoms with Crippen LogP contribution in [0.25, 0.3) is 0 Å². The standard InChI is InChI=1S/C15H24N2O3/c1-3-12-4-5-13(16-12)14(19)17(2)10-15(11-18)6-8-20-9-7-15/h4-5,16,18H,3,6-11H2,1-2H3. The molecule has 1 aromatic rings. The second-order valence-electron chi connectivity index (χ2n) is 5.68. The van der Waals surface area contributed by atoms with Crippen molar-refractivity contribution >= 4 is 5.91 Å². The average Bonchev–Trinajstić information content (AvgIpc) is 2.96. The lowest BCUT2D eigenvalue weighted by Gasteiger charge is -2.38. The zero-order valence-electron chi connectivity index (χ0n) is 12.3. The fourth-order valence-corrected chi connectivity index (χ4v) is 2.72. The highest BCUT2D eigenvalue weighted by atomic mass is 16.5. The second-order valence-corrected chi connectivity index (χ2v) is 5.68. The Balaban J connectivity index is 2.02. The van der Waals surface area contributed by atoms with Gasteiger partial charge in [0.15, 0.2) is 0 Å². The Hall–Kier alpha value is -1.33. The summed E-state index contributed by atoms with van der Waals surface area (Å²) in [6, 6.07) is 3.77. The maximum Gasteiger partial charge on any atom is 0.270 e. The van der Waals surface area contributed by atoms with Crippen LogP contribution in [0.1, 0.15) is 35.9 Å². The number of ether oxygens (including phenoxy) is 1. The molecule has 0 aliphatic carbocycles. The number of aromatic nitrogens is 1. The summed E-state index contributed by atoms with van der Waals surface area (Å²) in [5.74, 6) is -0.0241. The molecule has 5 heteroatoms. The number of aliphatic hydroxyl groups excluding tert-OH is 1. The molecule has 0 radical (unpaired) electrons. The van der Waals surface area contributed by atoms with Gasteiger partial charge in [-0.05, 0) is 31.4 Å². The summed E-state index contributed by atoms with van der Waals surface area (Å²) in [5.41, 5.74) is 1.46. The summed E-state index contributed by atoms with van der Waals surface area (Å²) in [6.07, 6.45) is 2.48. The number of aliphatic hydroxyl groups is 1. The van der Waals surface area contributed by atoms with Gasteiger partial charge in [-0.2, -0.15) is 0 Å². The minimum absolute atomic E-state index is 0.0241. The van der Waals surface area contributed by atoms with Crippen molar-refractivity contribution in [2.45, 2.75) is 26.2 Å². The van der Waals surface area contributed by atoms with E-state index in [1.807, 2.05) is 19.1 Å². The van der Waals surface area contributed by atoms with Crippen molar-refractivity contribution in [3.63, 3.8) is 0 Å². The van der Waals surface area contributed by atoms with Crippen molar-refractivity contribution in [3.05, 3.63) is 23.5 Å². The molecule has 0 bridgehead atoms. The van der Waals surface area contributed by atoms with Crippen LogP contribution in [0.3, 0.4) is 0 Å². The van der Waals surface area contributed by atoms with Crippen LogP contribution in [0.15, 0.2) is 12.1 Å². The summed E-state index contributed by atoms with van der Waals surface area (Å²) in [6.45, 7) is 4.02. The third-order valence-electron chi connectivity index (χ3n) is 4.17. The first-order valence-corrected chi connectivity index (χ1v) is 7.22. The molecule has 1 fully saturated rings. The van der Waals surface area contributed by atoms with Crippen molar-refractivity contribution in [3.8, 4) is 0 Å². The topological polar surface area (TPSA) is 65.6 Å². The molecule has 1 saturated heterocycles. The maximum absolute atomic E-state index is 12.4. The number of rotatable bonds is 5. The fraction of sp³-hybridized carbons (Fsp3) is 0.667. The summed E-state index contributed by atoms with van der Waals surface area (Å²) in [5, 5.41) is 9.68. The van der Waals surface area contributed by atoms with E-state index in [1.165, 1.54) is 0 Å². The fourth-order valence-electron chi connectivity index (χ4n) is 2.72. The number of aromatic amines is 1. The highest BCUT2D eigenvalue weighted by molar-refractivity contribution is 5.92. The van der Waals surface area contributed by atoms with E-state index < -0.39 is 0 Å². The van der Waals surface area contributed by atoms with Gasteiger partial charge in [-0.25, -0.2) is 0 Å². The molecule has 1 aliphatic rings. The Kier molecular flexibility index (Phi) is 4.83. The Bertz CT molecular complexity index is 450. The Morgan fingerprint density at radius 2 is 2.15 bits per heavy atom. The van der Waals surface area contributed by atoms with E-state index in [4.69, 9.17) is 4.74 Å². The predicted molar refractivity (Wildman–Crippen MR) is 76.7 cm³/mol. The van der Waals surface area contributed by atoms with Gasteiger partial charge in [0.1, 0.15) is 5.69 Å². The SMILES string of the molecule is CCc1ccc(C(=O)N(C)CC2(CO)CCOCC2)[nH]1. The Labute approximate surface area is 119 Å². The minimum atomic E-state index is -0.219. The quantitative estimate of drug-likeness (QED) is 0.857. The normalized spacial score (nSPS) is 17.9. The number of amides is 1. The van der Waals surface area contributed by atoms with Gasteiger partial charge in [-0.1, -0.05) is 6.92 Å². The molecule has 1 amide bonds. The van der Waals surface area contributed by atoms with E-state index in [0.29, 0.717) is 25.5 Å². The lowest BCUT2D eigenvalue weighted by Crippen LogP contribution is -2.44. The van der Waals surface area contributed by atoms with Gasteiger partial charge in [0.2, 0.25) is 0 Å². The number of nitrogens with zero attached hydrogens (tertiary/aromatic N) is 1. The van der Waals surface area contributed by atoms with Crippen LogP contribution in [0.5, 0.6) is 0 Å². The number of carbonyl (C=O) groups is 1. The van der Waals surface area contributed by atoms with E-state index in [9.17, 15) is 9.90 Å². The summed E-state index contributed by atoms with van der Waals surface area (Å²) in [4.78, 5) is 17.2. The largest absolute Gasteiger partial charge is 0.396 e. The zero-order valence-corrected chi connectivity index (χ0v) is 12.3. The van der Waals surface area contributed by atoms with E-state index >= 15 is 0 Å². The van der Waals surface area contributed by atoms with Crippen LogP contribution < -0.4 is 0 Å². The van der Waals surface area contributed by atoms with Crippen molar-refractivity contribution in [1.82, 2.24) is 9.88 Å². The molecule has 20 heavy (non-hydrogen) atoms. The van der Waals surface area contributed by atoms with Gasteiger partial charge in [0.25, 0.3) is 5.91 Å². The van der Waals surface area contributed by atoms with E-state index in [0.717, 1.165) is 25.0 Å². The number of H-pyrrole nitrogens is 1. The molecule has 1 aromatic heterocycles. The summed E-state index contributed by atoms with van der Waals surface area (Å²) in [7, 11) is 1.79. The smallest absolute Gasteiger partial charge is 0.270 e. The first-order valence-electron chi connectivity index (χ1n) is 7.22. The molecule has 0 spiro atoms. The molecule has 2 heterocycles. The van der Waals surface area contributed by atoms with Crippen LogP contribution in [0, 0.1) is 5.41 Å². The Morgan fingerprint density at radius 3 is 2.70 bits per heavy atom. The van der Waals surface area contributed by atoms with Gasteiger partial charge in [0, 0.05) is 37.9 Å². The van der Waals surface area contributed by atoms with Crippen molar-refractivity contribution in [2.24, 2.45) is 5.41 Å². The number of aryl methyl sites for hydroxylation is 1. The molecule has 2 N–H and O–H groups in total. The predicted octanol–water partition coefficient (Wildman–Crippen LogP) is 1.44. The number of hydrogen-bond donors (Lipinski definition) is 2. The molecule has 0 atom stereocenters. The molecule has 1 aliphatic heterocycles. The third kappa shape index (κ3) is 3.22. The van der Waals surface area contributed by atoms with Crippen LogP contribution in [-0.2, 0) is 11.2 Å². The Morgan fingerprint density at radius 1 is 1.45 bits per heavy atom. The molecule has 0 unspecified atom stereocenters. The number of nitrogens with one attached hydrogen (secondary N) is 1. The molecule has 0 saturated carbocycles. The number of carbonyl (C=O) groups excluding carboxylic acids is 1. The van der Waals surface area contributed by atoms with Crippen LogP contribution in [0.4, 0.5) is 0 Å². The monoisotopic (exact) mass is 280 g/mol. The van der Waals surface area contributed by atoms with Gasteiger partial charge >= 0.3 is 0 Å². The van der Waals surface area contributed by atoms with Gasteiger partial charge in [0.05, 0.1) is 6.61 Å². The van der Waals surface area contributed by atoms with E-state index in [-0.39, 0.29) is 17.9 Å². The summed E-state index contributed by atoms with van der Waals surface area (Å²) >= 11 is 0. The maximum atomic E-state index is 12.4. The lowest BCUT2D eigenvalue weighted by atomic mass is 9.80. The minimum Gasteiger partial charge on any atom is -0.396 e. The average molecular weight is 280 g/mol. The zero-order chi connectivity index (χ0) is 14.6. The highest BCUT2D eigenvalue weighted by Gasteiger charge is 2.34. The van der Waals surface area contributed by atoms with Gasteiger partial charge in [-0.3, -0.25) is 4.79 Å². The van der Waals surface area contributed by atoms with Crippen LogP contribution in [0.2, 0.25) is 0 Å². The van der Waals surface area contributed by atoms with Crippen LogP contribution in [-0.4, -0.2) is 54.3 Å². The van der Waals surface area contributed by atoms with Crippen molar-refractivity contribution < 1.29 is 14.6 Å². The number of hydrogen-bond acceptors (Lipinski definition) is 3. The summed E-state index contributed by atoms with van der Waals surface area (Å²) < 4.78 is 5.35. The van der Waals surface area contributed by atoms with E-state index in [2.05, 4.69) is 4.98 Å². The third-order valence-corrected chi connectivity index (χ3v) is 4.17. The van der Waals surface area contributed by atoms with E-state index in [1.54, 1.807) is 11.9 Å². The molecule has 2 rings (SSSR count). The highest BCUT2D eigenvalue weighted by Crippen LogP contribution is 2.31. The lowest BCUT2D eigenvalue weighted by molar-refractivity contribution is -0.0283. The van der Waals surface area contributed by atoms with Crippen LogP contribution >= 0.6 is 0 Å². The van der Waals surface area contributed by atoms with Crippen molar-refractivity contribution in [1.29, 1.82) is 0 Å². The second kappa shape index (κ2) is 6.41. The molecule has 0 aromatic carbocycles. The molecular formula is C15H24N2O3. The van der Waals surface area contributed by atoms with Gasteiger partial charge < -0.3 is 19.7 Å². The van der Waals surface area contributed by atoms with Crippen molar-refractivity contribution in [2.75, 3.05) is 33.4 Å². The van der Waals surface area contributed by atoms with Gasteiger partial charge in [-0.15, -0.1) is 0 Å². The first kappa shape index (κ1) is 15.1. The molecule has 112 valence electrons. The first-order chi connectivity index (χ1) is 9.60. The molecule has 5 nitrogen and oxygen atoms in total.